The van der Waals surface area contributed by atoms with Crippen molar-refractivity contribution in [3.8, 4) is 0 Å². The quantitative estimate of drug-likeness (QED) is 0.678. The van der Waals surface area contributed by atoms with Crippen LogP contribution in [-0.2, 0) is 16.6 Å². The number of sulfonamides is 1. The Morgan fingerprint density at radius 1 is 1.19 bits per heavy atom. The minimum atomic E-state index is -3.42. The third-order valence-electron chi connectivity index (χ3n) is 3.19. The lowest BCUT2D eigenvalue weighted by Gasteiger charge is -2.22. The molecule has 0 bridgehead atoms. The predicted octanol–water partition coefficient (Wildman–Crippen LogP) is 1.09. The van der Waals surface area contributed by atoms with Crippen molar-refractivity contribution in [1.29, 1.82) is 0 Å². The molecule has 0 aliphatic carbocycles. The molecule has 0 spiro atoms. The van der Waals surface area contributed by atoms with E-state index in [1.165, 1.54) is 0 Å². The SMILES string of the molecule is CCCN(CCN(C)C)S(=O)(=O)c1c[nH]c(CNCC)c1. The molecule has 0 aliphatic rings. The first-order chi connectivity index (χ1) is 9.91. The molecule has 0 saturated heterocycles. The molecule has 0 atom stereocenters. The van der Waals surface area contributed by atoms with Crippen LogP contribution in [0.3, 0.4) is 0 Å². The van der Waals surface area contributed by atoms with E-state index in [0.717, 1.165) is 18.7 Å². The highest BCUT2D eigenvalue weighted by Gasteiger charge is 2.24. The standard InChI is InChI=1S/C14H28N4O2S/c1-5-7-18(9-8-17(3)4)21(19,20)14-10-13(16-12-14)11-15-6-2/h10,12,15-16H,5-9,11H2,1-4H3. The summed E-state index contributed by atoms with van der Waals surface area (Å²) < 4.78 is 26.9. The Hall–Kier alpha value is -0.890. The van der Waals surface area contributed by atoms with Crippen molar-refractivity contribution in [2.24, 2.45) is 0 Å². The average Bonchev–Trinajstić information content (AvgIpc) is 2.90. The van der Waals surface area contributed by atoms with Crippen LogP contribution in [0.15, 0.2) is 17.2 Å². The van der Waals surface area contributed by atoms with Crippen LogP contribution in [-0.4, -0.2) is 62.9 Å². The van der Waals surface area contributed by atoms with Crippen LogP contribution in [0, 0.1) is 0 Å². The number of nitrogens with zero attached hydrogens (tertiary/aromatic N) is 2. The molecule has 0 saturated carbocycles. The van der Waals surface area contributed by atoms with Gasteiger partial charge in [0.1, 0.15) is 0 Å². The van der Waals surface area contributed by atoms with Crippen molar-refractivity contribution >= 4 is 10.0 Å². The monoisotopic (exact) mass is 316 g/mol. The summed E-state index contributed by atoms with van der Waals surface area (Å²) in [7, 11) is 0.477. The second-order valence-corrected chi connectivity index (χ2v) is 7.29. The van der Waals surface area contributed by atoms with E-state index >= 15 is 0 Å². The molecule has 122 valence electrons. The van der Waals surface area contributed by atoms with Gasteiger partial charge in [0.05, 0.1) is 4.90 Å². The van der Waals surface area contributed by atoms with Crippen LogP contribution < -0.4 is 5.32 Å². The summed E-state index contributed by atoms with van der Waals surface area (Å²) in [5, 5.41) is 3.18. The van der Waals surface area contributed by atoms with Crippen molar-refractivity contribution < 1.29 is 8.42 Å². The highest BCUT2D eigenvalue weighted by atomic mass is 32.2. The summed E-state index contributed by atoms with van der Waals surface area (Å²) in [5.74, 6) is 0. The second kappa shape index (κ2) is 8.53. The number of likely N-dealkylation sites (N-methyl/N-ethyl adjacent to an activating group) is 1. The van der Waals surface area contributed by atoms with Crippen LogP contribution in [0.2, 0.25) is 0 Å². The molecule has 7 heteroatoms. The lowest BCUT2D eigenvalue weighted by Crippen LogP contribution is -2.37. The summed E-state index contributed by atoms with van der Waals surface area (Å²) in [5.41, 5.74) is 0.888. The third-order valence-corrected chi connectivity index (χ3v) is 5.07. The Morgan fingerprint density at radius 2 is 1.90 bits per heavy atom. The molecule has 6 nitrogen and oxygen atoms in total. The van der Waals surface area contributed by atoms with Crippen LogP contribution in [0.25, 0.3) is 0 Å². The summed E-state index contributed by atoms with van der Waals surface area (Å²) in [6, 6.07) is 1.72. The van der Waals surface area contributed by atoms with Gasteiger partial charge in [-0.05, 0) is 33.1 Å². The van der Waals surface area contributed by atoms with Crippen molar-refractivity contribution in [1.82, 2.24) is 19.5 Å². The second-order valence-electron chi connectivity index (χ2n) is 5.35. The van der Waals surface area contributed by atoms with Gasteiger partial charge in [-0.25, -0.2) is 8.42 Å². The molecule has 0 fully saturated rings. The maximum Gasteiger partial charge on any atom is 0.244 e. The molecule has 0 aromatic carbocycles. The van der Waals surface area contributed by atoms with E-state index in [-0.39, 0.29) is 0 Å². The lowest BCUT2D eigenvalue weighted by atomic mass is 10.4. The molecule has 1 heterocycles. The van der Waals surface area contributed by atoms with E-state index < -0.39 is 10.0 Å². The zero-order chi connectivity index (χ0) is 15.9. The number of hydrogen-bond acceptors (Lipinski definition) is 4. The molecule has 0 unspecified atom stereocenters. The van der Waals surface area contributed by atoms with Gasteiger partial charge in [-0.1, -0.05) is 13.8 Å². The van der Waals surface area contributed by atoms with Crippen molar-refractivity contribution in [3.05, 3.63) is 18.0 Å². The zero-order valence-electron chi connectivity index (χ0n) is 13.5. The lowest BCUT2D eigenvalue weighted by molar-refractivity contribution is 0.333. The van der Waals surface area contributed by atoms with E-state index in [4.69, 9.17) is 0 Å². The van der Waals surface area contributed by atoms with E-state index in [9.17, 15) is 8.42 Å². The van der Waals surface area contributed by atoms with Crippen molar-refractivity contribution in [2.75, 3.05) is 40.3 Å². The average molecular weight is 316 g/mol. The Morgan fingerprint density at radius 3 is 2.48 bits per heavy atom. The number of aromatic amines is 1. The highest BCUT2D eigenvalue weighted by molar-refractivity contribution is 7.89. The minimum Gasteiger partial charge on any atom is -0.363 e. The van der Waals surface area contributed by atoms with E-state index in [1.807, 2.05) is 32.8 Å². The molecule has 0 aliphatic heterocycles. The van der Waals surface area contributed by atoms with Gasteiger partial charge < -0.3 is 15.2 Å². The first kappa shape index (κ1) is 18.2. The van der Waals surface area contributed by atoms with Crippen LogP contribution in [0.1, 0.15) is 26.0 Å². The van der Waals surface area contributed by atoms with Gasteiger partial charge in [-0.2, -0.15) is 4.31 Å². The fourth-order valence-corrected chi connectivity index (χ4v) is 3.53. The molecule has 21 heavy (non-hydrogen) atoms. The fraction of sp³-hybridized carbons (Fsp3) is 0.714. The van der Waals surface area contributed by atoms with Crippen LogP contribution in [0.5, 0.6) is 0 Å². The van der Waals surface area contributed by atoms with Gasteiger partial charge in [0.15, 0.2) is 0 Å². The molecule has 0 radical (unpaired) electrons. The summed E-state index contributed by atoms with van der Waals surface area (Å²) >= 11 is 0. The normalized spacial score (nSPS) is 12.5. The van der Waals surface area contributed by atoms with Crippen LogP contribution >= 0.6 is 0 Å². The first-order valence-electron chi connectivity index (χ1n) is 7.44. The summed E-state index contributed by atoms with van der Waals surface area (Å²) in [4.78, 5) is 5.37. The first-order valence-corrected chi connectivity index (χ1v) is 8.88. The Balaban J connectivity index is 2.86. The van der Waals surface area contributed by atoms with Crippen molar-refractivity contribution in [3.63, 3.8) is 0 Å². The largest absolute Gasteiger partial charge is 0.363 e. The number of aromatic nitrogens is 1. The predicted molar refractivity (Wildman–Crippen MR) is 85.8 cm³/mol. The highest BCUT2D eigenvalue weighted by Crippen LogP contribution is 2.17. The maximum absolute atomic E-state index is 12.7. The van der Waals surface area contributed by atoms with Gasteiger partial charge >= 0.3 is 0 Å². The molecule has 1 aromatic heterocycles. The molecule has 1 rings (SSSR count). The molecular formula is C14H28N4O2S. The number of rotatable bonds is 10. The van der Waals surface area contributed by atoms with Gasteiger partial charge in [0.2, 0.25) is 10.0 Å². The van der Waals surface area contributed by atoms with Gasteiger partial charge in [-0.15, -0.1) is 0 Å². The zero-order valence-corrected chi connectivity index (χ0v) is 14.3. The van der Waals surface area contributed by atoms with Crippen LogP contribution in [0.4, 0.5) is 0 Å². The van der Waals surface area contributed by atoms with Gasteiger partial charge in [0, 0.05) is 38.1 Å². The van der Waals surface area contributed by atoms with Crippen molar-refractivity contribution in [2.45, 2.75) is 31.7 Å². The number of H-pyrrole nitrogens is 1. The molecule has 1 aromatic rings. The molecule has 0 amide bonds. The van der Waals surface area contributed by atoms with Gasteiger partial charge in [0.25, 0.3) is 0 Å². The maximum atomic E-state index is 12.7. The molecule has 2 N–H and O–H groups in total. The van der Waals surface area contributed by atoms with E-state index in [0.29, 0.717) is 31.1 Å². The topological polar surface area (TPSA) is 68.4 Å². The minimum absolute atomic E-state index is 0.350. The summed E-state index contributed by atoms with van der Waals surface area (Å²) in [6.07, 6.45) is 2.39. The number of nitrogens with one attached hydrogen (secondary N) is 2. The molecular weight excluding hydrogens is 288 g/mol. The fourth-order valence-electron chi connectivity index (χ4n) is 1.99. The Labute approximate surface area is 128 Å². The Bertz CT molecular complexity index is 511. The Kier molecular flexibility index (Phi) is 7.37. The third kappa shape index (κ3) is 5.43. The van der Waals surface area contributed by atoms with Gasteiger partial charge in [-0.3, -0.25) is 0 Å². The summed E-state index contributed by atoms with van der Waals surface area (Å²) in [6.45, 7) is 7.29. The van der Waals surface area contributed by atoms with E-state index in [1.54, 1.807) is 16.6 Å². The van der Waals surface area contributed by atoms with E-state index in [2.05, 4.69) is 10.3 Å². The smallest absolute Gasteiger partial charge is 0.244 e. The number of hydrogen-bond donors (Lipinski definition) is 2.